The number of hydrogen-bond acceptors (Lipinski definition) is 1. The summed E-state index contributed by atoms with van der Waals surface area (Å²) in [6.07, 6.45) is 24.5. The average molecular weight is 291 g/mol. The molecule has 0 saturated heterocycles. The Morgan fingerprint density at radius 1 is 0.810 bits per heavy atom. The predicted octanol–water partition coefficient (Wildman–Crippen LogP) is 6.58. The topological polar surface area (TPSA) is 17.1 Å². The van der Waals surface area contributed by atoms with Crippen molar-refractivity contribution in [2.45, 2.75) is 96.8 Å². The molecule has 0 aromatic rings. The van der Waals surface area contributed by atoms with Crippen LogP contribution in [0.1, 0.15) is 96.8 Å². The summed E-state index contributed by atoms with van der Waals surface area (Å²) in [5.41, 5.74) is 0. The molecular weight excluding hydrogens is 256 g/mol. The number of carbonyl (C=O) groups excluding carboxylic acids is 1. The highest BCUT2D eigenvalue weighted by Crippen LogP contribution is 2.10. The molecule has 0 fully saturated rings. The fraction of sp³-hybridized carbons (Fsp3) is 0.750. The fourth-order valence-corrected chi connectivity index (χ4v) is 2.44. The fourth-order valence-electron chi connectivity index (χ4n) is 2.44. The van der Waals surface area contributed by atoms with Crippen molar-refractivity contribution >= 4 is 5.78 Å². The van der Waals surface area contributed by atoms with Crippen molar-refractivity contribution in [3.8, 4) is 0 Å². The van der Waals surface area contributed by atoms with Crippen LogP contribution in [0.15, 0.2) is 18.7 Å². The van der Waals surface area contributed by atoms with Gasteiger partial charge in [0.15, 0.2) is 5.78 Å². The summed E-state index contributed by atoms with van der Waals surface area (Å²) in [6.45, 7) is 5.63. The quantitative estimate of drug-likeness (QED) is 0.178. The second-order valence-electron chi connectivity index (χ2n) is 5.93. The maximum atomic E-state index is 11.0. The molecule has 0 aliphatic rings. The number of hydrogen-bond donors (Lipinski definition) is 0. The number of rotatable bonds is 16. The average Bonchev–Trinajstić information content (AvgIpc) is 2.50. The minimum atomic E-state index is 0.0626. The zero-order valence-corrected chi connectivity index (χ0v) is 14.2. The SMILES string of the molecule is C=[C]C(=O)CCCCCCC/C=C\CCCCCCCC. The van der Waals surface area contributed by atoms with Gasteiger partial charge >= 0.3 is 0 Å². The summed E-state index contributed by atoms with van der Waals surface area (Å²) in [5.74, 6) is 0.0626. The van der Waals surface area contributed by atoms with Crippen molar-refractivity contribution in [3.63, 3.8) is 0 Å². The molecule has 21 heavy (non-hydrogen) atoms. The van der Waals surface area contributed by atoms with E-state index in [4.69, 9.17) is 0 Å². The van der Waals surface area contributed by atoms with Gasteiger partial charge < -0.3 is 0 Å². The van der Waals surface area contributed by atoms with Crippen LogP contribution in [0.2, 0.25) is 0 Å². The lowest BCUT2D eigenvalue weighted by Crippen LogP contribution is -1.91. The Morgan fingerprint density at radius 2 is 1.29 bits per heavy atom. The van der Waals surface area contributed by atoms with Gasteiger partial charge in [-0.15, -0.1) is 0 Å². The monoisotopic (exact) mass is 291 g/mol. The molecule has 0 spiro atoms. The molecule has 0 aromatic carbocycles. The lowest BCUT2D eigenvalue weighted by Gasteiger charge is -1.99. The van der Waals surface area contributed by atoms with Crippen LogP contribution in [0.3, 0.4) is 0 Å². The van der Waals surface area contributed by atoms with E-state index in [0.29, 0.717) is 6.42 Å². The molecule has 0 N–H and O–H groups in total. The Kier molecular flexibility index (Phi) is 16.5. The first kappa shape index (κ1) is 20.1. The van der Waals surface area contributed by atoms with Crippen molar-refractivity contribution in [1.82, 2.24) is 0 Å². The van der Waals surface area contributed by atoms with E-state index < -0.39 is 0 Å². The third kappa shape index (κ3) is 17.1. The van der Waals surface area contributed by atoms with Gasteiger partial charge in [-0.05, 0) is 32.1 Å². The van der Waals surface area contributed by atoms with Crippen LogP contribution in [0.25, 0.3) is 0 Å². The van der Waals surface area contributed by atoms with Gasteiger partial charge in [0.25, 0.3) is 0 Å². The maximum absolute atomic E-state index is 11.0. The molecule has 121 valence electrons. The van der Waals surface area contributed by atoms with E-state index in [0.717, 1.165) is 12.8 Å². The van der Waals surface area contributed by atoms with Crippen LogP contribution < -0.4 is 0 Å². The zero-order chi connectivity index (χ0) is 15.6. The largest absolute Gasteiger partial charge is 0.294 e. The van der Waals surface area contributed by atoms with Crippen molar-refractivity contribution in [2.24, 2.45) is 0 Å². The molecule has 0 amide bonds. The van der Waals surface area contributed by atoms with Crippen molar-refractivity contribution < 1.29 is 4.79 Å². The standard InChI is InChI=1S/C20H35O/c1-3-5-6-7-8-9-10-11-12-13-14-15-16-17-18-19-20(21)4-2/h11-12H,2-3,5-10,13-19H2,1H3/b12-11-. The molecule has 0 aliphatic heterocycles. The number of carbonyl (C=O) groups is 1. The third-order valence-corrected chi connectivity index (χ3v) is 3.86. The van der Waals surface area contributed by atoms with Crippen LogP contribution in [-0.4, -0.2) is 5.78 Å². The summed E-state index contributed by atoms with van der Waals surface area (Å²) in [6, 6.07) is 0. The van der Waals surface area contributed by atoms with Crippen molar-refractivity contribution in [3.05, 3.63) is 24.8 Å². The minimum absolute atomic E-state index is 0.0626. The normalized spacial score (nSPS) is 11.1. The van der Waals surface area contributed by atoms with Crippen molar-refractivity contribution in [2.75, 3.05) is 0 Å². The molecule has 0 aromatic heterocycles. The predicted molar refractivity (Wildman–Crippen MR) is 93.3 cm³/mol. The van der Waals surface area contributed by atoms with Crippen LogP contribution >= 0.6 is 0 Å². The van der Waals surface area contributed by atoms with E-state index in [1.165, 1.54) is 70.6 Å². The highest BCUT2D eigenvalue weighted by molar-refractivity contribution is 5.85. The highest BCUT2D eigenvalue weighted by Gasteiger charge is 1.95. The lowest BCUT2D eigenvalue weighted by atomic mass is 10.1. The number of allylic oxidation sites excluding steroid dienone is 3. The molecule has 1 heteroatoms. The van der Waals surface area contributed by atoms with Gasteiger partial charge in [-0.25, -0.2) is 0 Å². The van der Waals surface area contributed by atoms with Crippen molar-refractivity contribution in [1.29, 1.82) is 0 Å². The Morgan fingerprint density at radius 3 is 1.81 bits per heavy atom. The number of Topliss-reactive ketones (excluding diaryl/α,β-unsaturated/α-hetero) is 1. The maximum Gasteiger partial charge on any atom is 0.162 e. The molecule has 0 saturated carbocycles. The van der Waals surface area contributed by atoms with E-state index in [2.05, 4.69) is 31.7 Å². The molecule has 0 rings (SSSR count). The number of unbranched alkanes of at least 4 members (excludes halogenated alkanes) is 11. The van der Waals surface area contributed by atoms with Crippen LogP contribution in [-0.2, 0) is 4.79 Å². The van der Waals surface area contributed by atoms with Gasteiger partial charge in [0.1, 0.15) is 0 Å². The van der Waals surface area contributed by atoms with Gasteiger partial charge in [0, 0.05) is 12.5 Å². The van der Waals surface area contributed by atoms with Crippen LogP contribution in [0.4, 0.5) is 0 Å². The minimum Gasteiger partial charge on any atom is -0.294 e. The molecule has 0 bridgehead atoms. The van der Waals surface area contributed by atoms with Gasteiger partial charge in [0.05, 0.1) is 0 Å². The van der Waals surface area contributed by atoms with E-state index in [1.807, 2.05) is 0 Å². The van der Waals surface area contributed by atoms with Gasteiger partial charge in [-0.3, -0.25) is 4.79 Å². The zero-order valence-electron chi connectivity index (χ0n) is 14.2. The third-order valence-electron chi connectivity index (χ3n) is 3.86. The van der Waals surface area contributed by atoms with Gasteiger partial charge in [-0.2, -0.15) is 0 Å². The summed E-state index contributed by atoms with van der Waals surface area (Å²) in [4.78, 5) is 11.0. The lowest BCUT2D eigenvalue weighted by molar-refractivity contribution is -0.115. The Bertz CT molecular complexity index is 265. The highest BCUT2D eigenvalue weighted by atomic mass is 16.1. The Labute approximate surface area is 132 Å². The van der Waals surface area contributed by atoms with Crippen LogP contribution in [0.5, 0.6) is 0 Å². The number of ketones is 1. The molecule has 0 heterocycles. The summed E-state index contributed by atoms with van der Waals surface area (Å²) >= 11 is 0. The van der Waals surface area contributed by atoms with Gasteiger partial charge in [0.2, 0.25) is 0 Å². The van der Waals surface area contributed by atoms with Gasteiger partial charge in [-0.1, -0.05) is 77.0 Å². The molecule has 0 atom stereocenters. The molecule has 1 radical (unpaired) electrons. The molecular formula is C20H35O. The first-order valence-electron chi connectivity index (χ1n) is 9.02. The summed E-state index contributed by atoms with van der Waals surface area (Å²) in [7, 11) is 0. The summed E-state index contributed by atoms with van der Waals surface area (Å²) < 4.78 is 0. The van der Waals surface area contributed by atoms with E-state index in [9.17, 15) is 4.79 Å². The Balaban J connectivity index is 3.11. The second-order valence-corrected chi connectivity index (χ2v) is 5.93. The van der Waals surface area contributed by atoms with E-state index >= 15 is 0 Å². The van der Waals surface area contributed by atoms with E-state index in [1.54, 1.807) is 0 Å². The first-order valence-corrected chi connectivity index (χ1v) is 9.02. The molecule has 0 unspecified atom stereocenters. The summed E-state index contributed by atoms with van der Waals surface area (Å²) in [5, 5.41) is 0. The second kappa shape index (κ2) is 17.2. The molecule has 0 aliphatic carbocycles. The smallest absolute Gasteiger partial charge is 0.162 e. The van der Waals surface area contributed by atoms with Crippen LogP contribution in [0, 0.1) is 6.08 Å². The molecule has 1 nitrogen and oxygen atoms in total. The first-order chi connectivity index (χ1) is 10.3. The Hall–Kier alpha value is -0.850. The van der Waals surface area contributed by atoms with E-state index in [-0.39, 0.29) is 5.78 Å².